The van der Waals surface area contributed by atoms with Gasteiger partial charge in [0.25, 0.3) is 0 Å². The number of phosphoric ester groups is 1. The summed E-state index contributed by atoms with van der Waals surface area (Å²) in [5.41, 5.74) is 0. The third-order valence-electron chi connectivity index (χ3n) is 0.222. The molecule has 0 aromatic heterocycles. The largest absolute Gasteiger partial charge is 2.00 e. The zero-order chi connectivity index (χ0) is 7.71. The van der Waals surface area contributed by atoms with Crippen LogP contribution in [0.25, 0.3) is 0 Å². The zero-order valence-corrected chi connectivity index (χ0v) is 15.7. The minimum atomic E-state index is -4.68. The molecule has 0 aliphatic rings. The van der Waals surface area contributed by atoms with Crippen LogP contribution >= 0.6 is 42.6 Å². The maximum absolute atomic E-state index is 9.87. The van der Waals surface area contributed by atoms with Crippen molar-refractivity contribution in [2.24, 2.45) is 0 Å². The zero-order valence-electron chi connectivity index (χ0n) is 11.9. The van der Waals surface area contributed by atoms with Crippen molar-refractivity contribution < 1.29 is 27.4 Å². The number of hydrogen-bond acceptors (Lipinski definition) is 2. The molecule has 2 N–H and O–H groups in total. The van der Waals surface area contributed by atoms with E-state index in [2.05, 4.69) is 4.52 Å². The Morgan fingerprint density at radius 3 is 1.42 bits per heavy atom. The Hall–Kier alpha value is 4.76. The van der Waals surface area contributed by atoms with Crippen molar-refractivity contribution in [3.63, 3.8) is 0 Å². The Balaban J connectivity index is -0.00000000889. The first-order valence-electron chi connectivity index (χ1n) is 1.54. The third-order valence-corrected chi connectivity index (χ3v) is 1.29. The summed E-state index contributed by atoms with van der Waals surface area (Å²) in [7, 11) is -4.68. The fourth-order valence-corrected chi connectivity index (χ4v) is 1.21. The molecule has 11 heteroatoms. The Morgan fingerprint density at radius 2 is 1.42 bits per heavy atom. The van der Waals surface area contributed by atoms with Gasteiger partial charge in [-0.15, -0.1) is 0 Å². The molecule has 0 fully saturated rings. The Bertz CT molecular complexity index is 160. The normalized spacial score (nSPS) is 10.4. The van der Waals surface area contributed by atoms with Gasteiger partial charge in [0.1, 0.15) is 0 Å². The van der Waals surface area contributed by atoms with E-state index in [-0.39, 0.29) is 122 Å². The van der Waals surface area contributed by atoms with Crippen LogP contribution in [0.4, 0.5) is 0 Å². The molecule has 0 unspecified atom stereocenters. The topological polar surface area (TPSA) is 66.8 Å². The van der Waals surface area contributed by atoms with E-state index in [0.717, 1.165) is 0 Å². The van der Waals surface area contributed by atoms with Crippen LogP contribution in [0.3, 0.4) is 0 Å². The van der Waals surface area contributed by atoms with E-state index in [1.54, 1.807) is 0 Å². The standard InChI is InChI=1S/CH2Cl3O4P.3Ca.6H/c2-1(3,4)8-9(5,6)7;;;;;;;;;/h(H2,5,6,7);;;;;;;;;/q;3*+2;6*-1. The van der Waals surface area contributed by atoms with Gasteiger partial charge in [-0.1, -0.05) is 34.8 Å². The molecule has 0 aliphatic carbocycles. The van der Waals surface area contributed by atoms with Gasteiger partial charge in [-0.3, -0.25) is 0 Å². The van der Waals surface area contributed by atoms with Crippen molar-refractivity contribution in [3.05, 3.63) is 0 Å². The summed E-state index contributed by atoms with van der Waals surface area (Å²) in [4.78, 5) is 16.0. The first-order chi connectivity index (χ1) is 3.71. The molecule has 0 spiro atoms. The molecule has 12 heavy (non-hydrogen) atoms. The van der Waals surface area contributed by atoms with Crippen molar-refractivity contribution in [2.45, 2.75) is 3.98 Å². The number of halogens is 3. The van der Waals surface area contributed by atoms with Crippen LogP contribution in [0.1, 0.15) is 8.56 Å². The first-order valence-corrected chi connectivity index (χ1v) is 4.20. The summed E-state index contributed by atoms with van der Waals surface area (Å²) < 4.78 is 11.1. The average molecular weight is 342 g/mol. The molecule has 0 saturated carbocycles. The molecule has 0 heterocycles. The second-order valence-electron chi connectivity index (χ2n) is 1.03. The number of alkyl halides is 3. The minimum Gasteiger partial charge on any atom is -1.00 e. The molecule has 4 nitrogen and oxygen atoms in total. The van der Waals surface area contributed by atoms with Gasteiger partial charge in [0.15, 0.2) is 0 Å². The van der Waals surface area contributed by atoms with Gasteiger partial charge >= 0.3 is 125 Å². The molecule has 0 atom stereocenters. The fourth-order valence-electron chi connectivity index (χ4n) is 0.135. The predicted molar refractivity (Wildman–Crippen MR) is 57.4 cm³/mol. The molecule has 0 aromatic carbocycles. The van der Waals surface area contributed by atoms with E-state index >= 15 is 0 Å². The van der Waals surface area contributed by atoms with Crippen LogP contribution in [0, 0.1) is 0 Å². The van der Waals surface area contributed by atoms with E-state index in [9.17, 15) is 4.57 Å². The summed E-state index contributed by atoms with van der Waals surface area (Å²) in [6, 6.07) is 0. The quantitative estimate of drug-likeness (QED) is 0.423. The predicted octanol–water partition coefficient (Wildman–Crippen LogP) is 0.956. The number of phosphoric acid groups is 1. The van der Waals surface area contributed by atoms with E-state index in [0.29, 0.717) is 0 Å². The Morgan fingerprint density at radius 1 is 1.17 bits per heavy atom. The summed E-state index contributed by atoms with van der Waals surface area (Å²) >= 11 is 14.5. The molecule has 0 bridgehead atoms. The van der Waals surface area contributed by atoms with Gasteiger partial charge in [-0.05, 0) is 0 Å². The smallest absolute Gasteiger partial charge is 1.00 e. The molecule has 0 aliphatic heterocycles. The van der Waals surface area contributed by atoms with Crippen LogP contribution in [0.2, 0.25) is 0 Å². The molecule has 68 valence electrons. The second-order valence-corrected chi connectivity index (χ2v) is 4.37. The molecule has 0 saturated heterocycles. The maximum atomic E-state index is 9.87. The SMILES string of the molecule is O=P(O)(O)OC(Cl)(Cl)Cl.[Ca+2].[Ca+2].[Ca+2].[H-].[H-].[H-].[H-].[H-].[H-]. The molecule has 0 radical (unpaired) electrons. The molecule has 0 amide bonds. The van der Waals surface area contributed by atoms with Gasteiger partial charge in [-0.25, -0.2) is 9.09 Å². The Kier molecular flexibility index (Phi) is 23.2. The molecular formula is CH8Ca3Cl3O4P. The minimum absolute atomic E-state index is 0. The van der Waals surface area contributed by atoms with Crippen molar-refractivity contribution in [1.82, 2.24) is 0 Å². The van der Waals surface area contributed by atoms with E-state index < -0.39 is 11.8 Å². The average Bonchev–Trinajstić information content (AvgIpc) is 1.14. The van der Waals surface area contributed by atoms with Crippen molar-refractivity contribution in [3.8, 4) is 0 Å². The number of rotatable bonds is 1. The molecule has 0 aromatic rings. The van der Waals surface area contributed by atoms with Gasteiger partial charge in [0, 0.05) is 0 Å². The van der Waals surface area contributed by atoms with Crippen LogP contribution in [-0.4, -0.2) is 127 Å². The summed E-state index contributed by atoms with van der Waals surface area (Å²) in [6.07, 6.45) is 0. The Labute approximate surface area is 183 Å². The first kappa shape index (κ1) is 25.6. The second kappa shape index (κ2) is 10.9. The van der Waals surface area contributed by atoms with E-state index in [4.69, 9.17) is 44.6 Å². The summed E-state index contributed by atoms with van der Waals surface area (Å²) in [5, 5.41) is 0. The molecular weight excluding hydrogens is 334 g/mol. The monoisotopic (exact) mass is 340 g/mol. The van der Waals surface area contributed by atoms with Crippen molar-refractivity contribution >= 4 is 156 Å². The summed E-state index contributed by atoms with van der Waals surface area (Å²) in [5.74, 6) is 0. The van der Waals surface area contributed by atoms with Crippen LogP contribution in [0.15, 0.2) is 0 Å². The van der Waals surface area contributed by atoms with Crippen molar-refractivity contribution in [1.29, 1.82) is 0 Å². The molecule has 0 rings (SSSR count). The van der Waals surface area contributed by atoms with Crippen molar-refractivity contribution in [2.75, 3.05) is 0 Å². The van der Waals surface area contributed by atoms with Gasteiger partial charge in [0.05, 0.1) is 0 Å². The van der Waals surface area contributed by atoms with Gasteiger partial charge < -0.3 is 18.3 Å². The van der Waals surface area contributed by atoms with E-state index in [1.165, 1.54) is 0 Å². The van der Waals surface area contributed by atoms with Gasteiger partial charge in [-0.2, -0.15) is 0 Å². The van der Waals surface area contributed by atoms with Crippen LogP contribution in [-0.2, 0) is 9.09 Å². The maximum Gasteiger partial charge on any atom is 2.00 e. The third kappa shape index (κ3) is 24.1. The van der Waals surface area contributed by atoms with E-state index in [1.807, 2.05) is 0 Å². The fraction of sp³-hybridized carbons (Fsp3) is 1.00. The van der Waals surface area contributed by atoms with Crippen LogP contribution in [0.5, 0.6) is 0 Å². The number of hydrogen-bond donors (Lipinski definition) is 2. The van der Waals surface area contributed by atoms with Gasteiger partial charge in [0.2, 0.25) is 0 Å². The van der Waals surface area contributed by atoms with Crippen LogP contribution < -0.4 is 0 Å². The summed E-state index contributed by atoms with van der Waals surface area (Å²) in [6.45, 7) is 0.